The molecule has 1 rings (SSSR count). The Morgan fingerprint density at radius 3 is 2.71 bits per heavy atom. The van der Waals surface area contributed by atoms with Crippen molar-refractivity contribution in [2.24, 2.45) is 0 Å². The molecular weight excluding hydrogens is 182 g/mol. The van der Waals surface area contributed by atoms with Gasteiger partial charge in [-0.3, -0.25) is 4.79 Å². The minimum absolute atomic E-state index is 0.0333. The normalized spacial score (nSPS) is 10.6. The second-order valence-corrected chi connectivity index (χ2v) is 3.38. The van der Waals surface area contributed by atoms with Gasteiger partial charge in [-0.25, -0.2) is 4.68 Å². The molecule has 0 saturated heterocycles. The van der Waals surface area contributed by atoms with Gasteiger partial charge in [-0.15, -0.1) is 0 Å². The molecule has 0 fully saturated rings. The second-order valence-electron chi connectivity index (χ2n) is 3.38. The predicted molar refractivity (Wildman–Crippen MR) is 53.5 cm³/mol. The summed E-state index contributed by atoms with van der Waals surface area (Å²) in [5.74, 6) is -0.0164. The van der Waals surface area contributed by atoms with Gasteiger partial charge in [-0.05, 0) is 13.8 Å². The third-order valence-electron chi connectivity index (χ3n) is 1.86. The molecule has 0 aromatic carbocycles. The average Bonchev–Trinajstić information content (AvgIpc) is 2.46. The number of carboxylic acids is 1. The highest BCUT2D eigenvalue weighted by molar-refractivity contribution is 5.69. The Hall–Kier alpha value is -1.52. The largest absolute Gasteiger partial charge is 0.481 e. The number of rotatable bonds is 4. The standard InChI is InChI=1S/C9H15N3O2/c1-6(2)12-8(10-3)4-7(11-12)5-9(13)14/h4,6,10H,5H2,1-3H3,(H,13,14). The van der Waals surface area contributed by atoms with Gasteiger partial charge >= 0.3 is 5.97 Å². The first kappa shape index (κ1) is 10.6. The van der Waals surface area contributed by atoms with E-state index < -0.39 is 5.97 Å². The zero-order chi connectivity index (χ0) is 10.7. The molecule has 1 aromatic heterocycles. The maximum atomic E-state index is 10.5. The lowest BCUT2D eigenvalue weighted by molar-refractivity contribution is -0.136. The average molecular weight is 197 g/mol. The zero-order valence-electron chi connectivity index (χ0n) is 8.61. The summed E-state index contributed by atoms with van der Waals surface area (Å²) in [5.41, 5.74) is 0.579. The summed E-state index contributed by atoms with van der Waals surface area (Å²) in [7, 11) is 1.79. The number of hydrogen-bond donors (Lipinski definition) is 2. The molecule has 14 heavy (non-hydrogen) atoms. The van der Waals surface area contributed by atoms with Crippen LogP contribution in [0, 0.1) is 0 Å². The summed E-state index contributed by atoms with van der Waals surface area (Å²) in [5, 5.41) is 15.8. The lowest BCUT2D eigenvalue weighted by atomic mass is 10.3. The van der Waals surface area contributed by atoms with Gasteiger partial charge in [0.2, 0.25) is 0 Å². The SMILES string of the molecule is CNc1cc(CC(=O)O)nn1C(C)C. The highest BCUT2D eigenvalue weighted by Gasteiger charge is 2.11. The van der Waals surface area contributed by atoms with Crippen molar-refractivity contribution in [3.63, 3.8) is 0 Å². The number of aromatic nitrogens is 2. The van der Waals surface area contributed by atoms with Crippen LogP contribution in [0.15, 0.2) is 6.07 Å². The van der Waals surface area contributed by atoms with E-state index in [9.17, 15) is 4.79 Å². The van der Waals surface area contributed by atoms with Crippen LogP contribution in [0.25, 0.3) is 0 Å². The van der Waals surface area contributed by atoms with Gasteiger partial charge in [0, 0.05) is 19.2 Å². The first-order valence-corrected chi connectivity index (χ1v) is 4.52. The van der Waals surface area contributed by atoms with Crippen LogP contribution in [0.2, 0.25) is 0 Å². The molecule has 0 aliphatic heterocycles. The Kier molecular flexibility index (Phi) is 3.11. The predicted octanol–water partition coefficient (Wildman–Crippen LogP) is 1.13. The van der Waals surface area contributed by atoms with Crippen LogP contribution in [-0.4, -0.2) is 27.9 Å². The van der Waals surface area contributed by atoms with Crippen molar-refractivity contribution >= 4 is 11.8 Å². The molecule has 0 unspecified atom stereocenters. The maximum absolute atomic E-state index is 10.5. The van der Waals surface area contributed by atoms with E-state index in [0.29, 0.717) is 5.69 Å². The second kappa shape index (κ2) is 4.13. The van der Waals surface area contributed by atoms with Gasteiger partial charge in [-0.2, -0.15) is 5.10 Å². The van der Waals surface area contributed by atoms with Gasteiger partial charge in [-0.1, -0.05) is 0 Å². The topological polar surface area (TPSA) is 67.2 Å². The highest BCUT2D eigenvalue weighted by atomic mass is 16.4. The molecule has 0 bridgehead atoms. The fourth-order valence-corrected chi connectivity index (χ4v) is 1.27. The van der Waals surface area contributed by atoms with Crippen LogP contribution < -0.4 is 5.32 Å². The lowest BCUT2D eigenvalue weighted by Crippen LogP contribution is -2.08. The molecule has 0 aliphatic carbocycles. The number of carbonyl (C=O) groups is 1. The Balaban J connectivity index is 2.94. The lowest BCUT2D eigenvalue weighted by Gasteiger charge is -2.09. The smallest absolute Gasteiger partial charge is 0.309 e. The third kappa shape index (κ3) is 2.25. The molecule has 5 heteroatoms. The summed E-state index contributed by atoms with van der Waals surface area (Å²) in [6, 6.07) is 1.98. The van der Waals surface area contributed by atoms with Gasteiger partial charge in [0.05, 0.1) is 12.1 Å². The van der Waals surface area contributed by atoms with Gasteiger partial charge in [0.25, 0.3) is 0 Å². The number of nitrogens with zero attached hydrogens (tertiary/aromatic N) is 2. The zero-order valence-corrected chi connectivity index (χ0v) is 8.61. The molecule has 78 valence electrons. The van der Waals surface area contributed by atoms with E-state index in [0.717, 1.165) is 5.82 Å². The molecule has 5 nitrogen and oxygen atoms in total. The van der Waals surface area contributed by atoms with Crippen molar-refractivity contribution in [1.82, 2.24) is 9.78 Å². The van der Waals surface area contributed by atoms with Crippen molar-refractivity contribution in [1.29, 1.82) is 0 Å². The Labute approximate surface area is 82.7 Å². The van der Waals surface area contributed by atoms with E-state index in [4.69, 9.17) is 5.11 Å². The Morgan fingerprint density at radius 2 is 2.36 bits per heavy atom. The van der Waals surface area contributed by atoms with Crippen molar-refractivity contribution < 1.29 is 9.90 Å². The number of nitrogens with one attached hydrogen (secondary N) is 1. The number of carboxylic acid groups (broad SMARTS) is 1. The monoisotopic (exact) mass is 197 g/mol. The summed E-state index contributed by atoms with van der Waals surface area (Å²) in [6.07, 6.45) is -0.0333. The fraction of sp³-hybridized carbons (Fsp3) is 0.556. The van der Waals surface area contributed by atoms with Gasteiger partial charge in [0.15, 0.2) is 0 Å². The molecule has 0 aliphatic rings. The Morgan fingerprint density at radius 1 is 1.71 bits per heavy atom. The van der Waals surface area contributed by atoms with Crippen LogP contribution in [0.1, 0.15) is 25.6 Å². The van der Waals surface area contributed by atoms with E-state index in [1.165, 1.54) is 0 Å². The molecule has 0 atom stereocenters. The molecule has 2 N–H and O–H groups in total. The van der Waals surface area contributed by atoms with Crippen LogP contribution in [0.4, 0.5) is 5.82 Å². The Bertz CT molecular complexity index is 331. The van der Waals surface area contributed by atoms with Crippen LogP contribution in [0.5, 0.6) is 0 Å². The van der Waals surface area contributed by atoms with Gasteiger partial charge in [0.1, 0.15) is 5.82 Å². The molecule has 0 radical (unpaired) electrons. The number of hydrogen-bond acceptors (Lipinski definition) is 3. The first-order valence-electron chi connectivity index (χ1n) is 4.52. The van der Waals surface area contributed by atoms with Gasteiger partial charge < -0.3 is 10.4 Å². The molecule has 1 heterocycles. The summed E-state index contributed by atoms with van der Waals surface area (Å²) >= 11 is 0. The van der Waals surface area contributed by atoms with Crippen molar-refractivity contribution in [3.05, 3.63) is 11.8 Å². The highest BCUT2D eigenvalue weighted by Crippen LogP contribution is 2.15. The minimum Gasteiger partial charge on any atom is -0.481 e. The van der Waals surface area contributed by atoms with E-state index in [-0.39, 0.29) is 12.5 Å². The van der Waals surface area contributed by atoms with Crippen LogP contribution >= 0.6 is 0 Å². The minimum atomic E-state index is -0.860. The van der Waals surface area contributed by atoms with Crippen LogP contribution in [0.3, 0.4) is 0 Å². The van der Waals surface area contributed by atoms with Crippen LogP contribution in [-0.2, 0) is 11.2 Å². The molecule has 0 amide bonds. The molecular formula is C9H15N3O2. The summed E-state index contributed by atoms with van der Waals surface area (Å²) < 4.78 is 1.78. The number of aliphatic carboxylic acids is 1. The third-order valence-corrected chi connectivity index (χ3v) is 1.86. The summed E-state index contributed by atoms with van der Waals surface area (Å²) in [4.78, 5) is 10.5. The van der Waals surface area contributed by atoms with Crippen molar-refractivity contribution in [2.45, 2.75) is 26.3 Å². The van der Waals surface area contributed by atoms with E-state index in [1.54, 1.807) is 17.8 Å². The van der Waals surface area contributed by atoms with Crippen molar-refractivity contribution in [2.75, 3.05) is 12.4 Å². The first-order chi connectivity index (χ1) is 6.54. The molecule has 1 aromatic rings. The van der Waals surface area contributed by atoms with E-state index >= 15 is 0 Å². The maximum Gasteiger partial charge on any atom is 0.309 e. The molecule has 0 spiro atoms. The fourth-order valence-electron chi connectivity index (χ4n) is 1.27. The van der Waals surface area contributed by atoms with Crippen molar-refractivity contribution in [3.8, 4) is 0 Å². The number of anilines is 1. The van der Waals surface area contributed by atoms with E-state index in [1.807, 2.05) is 13.8 Å². The molecule has 0 saturated carbocycles. The van der Waals surface area contributed by atoms with E-state index in [2.05, 4.69) is 10.4 Å². The summed E-state index contributed by atoms with van der Waals surface area (Å²) in [6.45, 7) is 4.00. The quantitative estimate of drug-likeness (QED) is 0.759.